The molecule has 8 atom stereocenters. The van der Waals surface area contributed by atoms with E-state index in [2.05, 4.69) is 13.8 Å². The molecule has 3 saturated carbocycles. The van der Waals surface area contributed by atoms with Crippen LogP contribution in [0.15, 0.2) is 11.6 Å². The molecule has 2 saturated heterocycles. The molecule has 6 aliphatic rings. The predicted molar refractivity (Wildman–Crippen MR) is 105 cm³/mol. The van der Waals surface area contributed by atoms with Gasteiger partial charge in [-0.3, -0.25) is 14.4 Å². The van der Waals surface area contributed by atoms with Gasteiger partial charge in [-0.25, -0.2) is 0 Å². The molecular weight excluding hydrogens is 384 g/mol. The van der Waals surface area contributed by atoms with Crippen molar-refractivity contribution < 1.29 is 32.7 Å². The summed E-state index contributed by atoms with van der Waals surface area (Å²) < 4.78 is 40.0. The lowest BCUT2D eigenvalue weighted by Crippen LogP contribution is -2.63. The van der Waals surface area contributed by atoms with Crippen LogP contribution in [-0.4, -0.2) is 42.1 Å². The van der Waals surface area contributed by atoms with Crippen LogP contribution in [0.25, 0.3) is 0 Å². The third kappa shape index (κ3) is 1.94. The van der Waals surface area contributed by atoms with Crippen LogP contribution in [0, 0.1) is 28.6 Å². The van der Waals surface area contributed by atoms with E-state index in [1.807, 2.05) is 0 Å². The highest BCUT2D eigenvalue weighted by Gasteiger charge is 2.83. The zero-order valence-electron chi connectivity index (χ0n) is 20.5. The van der Waals surface area contributed by atoms with Crippen molar-refractivity contribution >= 4 is 17.7 Å². The smallest absolute Gasteiger partial charge is 0.309 e. The van der Waals surface area contributed by atoms with Gasteiger partial charge in [-0.1, -0.05) is 19.4 Å². The van der Waals surface area contributed by atoms with Crippen LogP contribution < -0.4 is 0 Å². The van der Waals surface area contributed by atoms with Crippen LogP contribution in [-0.2, 0) is 28.6 Å². The van der Waals surface area contributed by atoms with E-state index in [4.69, 9.17) is 18.3 Å². The van der Waals surface area contributed by atoms with Gasteiger partial charge >= 0.3 is 11.9 Å². The average Bonchev–Trinajstić information content (AvgIpc) is 3.19. The molecular formula is C24H30O6. The highest BCUT2D eigenvalue weighted by Crippen LogP contribution is 2.78. The Hall–Kier alpha value is -1.69. The number of epoxide rings is 1. The Morgan fingerprint density at radius 3 is 2.80 bits per heavy atom. The number of rotatable bonds is 1. The minimum atomic E-state index is -2.83. The number of carbonyl (C=O) groups is 3. The second-order valence-corrected chi connectivity index (χ2v) is 10.9. The summed E-state index contributed by atoms with van der Waals surface area (Å²) in [6, 6.07) is 0. The Bertz CT molecular complexity index is 1000. The summed E-state index contributed by atoms with van der Waals surface area (Å²) >= 11 is 0. The third-order valence-electron chi connectivity index (χ3n) is 10.1. The topological polar surface area (TPSA) is 82.2 Å². The number of esters is 2. The standard InChI is InChI=1S/C24H30O6/c1-21-7-4-14(25)10-13(21)11-15(20(27)28-3)19-16-5-8-23(9-6-18(26)30-23)22(16,2)12-17-24(19,21)29-17/h10,15-17,19H,4-9,11-12H2,1-3H3/t15-,16?,17-,19?,21+,22+,23-,24-/m1/s1/i3D3. The van der Waals surface area contributed by atoms with Gasteiger partial charge in [0.05, 0.1) is 23.2 Å². The van der Waals surface area contributed by atoms with Gasteiger partial charge in [-0.05, 0) is 50.5 Å². The molecule has 6 nitrogen and oxygen atoms in total. The predicted octanol–water partition coefficient (Wildman–Crippen LogP) is 3.12. The monoisotopic (exact) mass is 417 g/mol. The first-order chi connectivity index (χ1) is 15.4. The number of ketones is 1. The van der Waals surface area contributed by atoms with Gasteiger partial charge in [0.2, 0.25) is 0 Å². The molecule has 2 unspecified atom stereocenters. The van der Waals surface area contributed by atoms with E-state index >= 15 is 0 Å². The van der Waals surface area contributed by atoms with Crippen molar-refractivity contribution in [3.05, 3.63) is 11.6 Å². The van der Waals surface area contributed by atoms with Gasteiger partial charge < -0.3 is 14.2 Å². The van der Waals surface area contributed by atoms with Crippen LogP contribution in [0.3, 0.4) is 0 Å². The van der Waals surface area contributed by atoms with Gasteiger partial charge in [0.15, 0.2) is 5.78 Å². The minimum absolute atomic E-state index is 0.0345. The maximum Gasteiger partial charge on any atom is 0.309 e. The maximum absolute atomic E-state index is 13.3. The van der Waals surface area contributed by atoms with Crippen LogP contribution in [0.2, 0.25) is 0 Å². The summed E-state index contributed by atoms with van der Waals surface area (Å²) in [5.74, 6) is -1.80. The summed E-state index contributed by atoms with van der Waals surface area (Å²) in [5.41, 5.74) is -1.01. The normalized spacial score (nSPS) is 55.1. The molecule has 0 amide bonds. The van der Waals surface area contributed by atoms with Crippen LogP contribution in [0.1, 0.15) is 69.3 Å². The maximum atomic E-state index is 13.3. The summed E-state index contributed by atoms with van der Waals surface area (Å²) in [5, 5.41) is 0. The fourth-order valence-corrected chi connectivity index (χ4v) is 8.61. The van der Waals surface area contributed by atoms with Gasteiger partial charge in [-0.2, -0.15) is 0 Å². The third-order valence-corrected chi connectivity index (χ3v) is 10.1. The molecule has 30 heavy (non-hydrogen) atoms. The first kappa shape index (κ1) is 16.0. The fraction of sp³-hybridized carbons (Fsp3) is 0.792. The van der Waals surface area contributed by atoms with Gasteiger partial charge in [0, 0.05) is 29.6 Å². The first-order valence-electron chi connectivity index (χ1n) is 12.7. The molecule has 0 aromatic heterocycles. The molecule has 0 aromatic carbocycles. The fourth-order valence-electron chi connectivity index (χ4n) is 8.61. The van der Waals surface area contributed by atoms with Crippen molar-refractivity contribution in [2.75, 3.05) is 7.04 Å². The van der Waals surface area contributed by atoms with Crippen LogP contribution >= 0.6 is 0 Å². The molecule has 6 rings (SSSR count). The van der Waals surface area contributed by atoms with E-state index in [1.165, 1.54) is 0 Å². The van der Waals surface area contributed by atoms with E-state index in [-0.39, 0.29) is 40.5 Å². The highest BCUT2D eigenvalue weighted by atomic mass is 16.6. The highest BCUT2D eigenvalue weighted by molar-refractivity contribution is 5.92. The van der Waals surface area contributed by atoms with E-state index in [0.717, 1.165) is 24.8 Å². The SMILES string of the molecule is [2H]C([2H])([2H])OC(=O)[C@@H]1CC2=CC(=O)CC[C@]2(C)[C@@]23O[C@@H]2C[C@@]2(C)C(CC[C@@]24CCC(=O)O4)C13. The van der Waals surface area contributed by atoms with Crippen molar-refractivity contribution in [1.82, 2.24) is 0 Å². The molecule has 2 spiro atoms. The molecule has 0 aromatic rings. The Kier molecular flexibility index (Phi) is 2.97. The average molecular weight is 418 g/mol. The summed E-state index contributed by atoms with van der Waals surface area (Å²) in [6.45, 7) is 4.31. The zero-order valence-corrected chi connectivity index (χ0v) is 17.5. The van der Waals surface area contributed by atoms with E-state index < -0.39 is 30.1 Å². The lowest BCUT2D eigenvalue weighted by Gasteiger charge is -2.58. The number of fused-ring (bicyclic) bond motifs is 4. The molecule has 4 aliphatic carbocycles. The first-order valence-corrected chi connectivity index (χ1v) is 11.2. The van der Waals surface area contributed by atoms with Crippen molar-refractivity contribution in [3.63, 3.8) is 0 Å². The number of hydrogen-bond donors (Lipinski definition) is 0. The second-order valence-electron chi connectivity index (χ2n) is 10.9. The summed E-state index contributed by atoms with van der Waals surface area (Å²) in [4.78, 5) is 37.8. The largest absolute Gasteiger partial charge is 0.469 e. The van der Waals surface area contributed by atoms with Crippen molar-refractivity contribution in [1.29, 1.82) is 0 Å². The molecule has 0 radical (unpaired) electrons. The van der Waals surface area contributed by atoms with E-state index in [0.29, 0.717) is 32.1 Å². The molecule has 5 fully saturated rings. The van der Waals surface area contributed by atoms with Gasteiger partial charge in [0.25, 0.3) is 0 Å². The molecule has 6 heteroatoms. The molecule has 2 aliphatic heterocycles. The quantitative estimate of drug-likeness (QED) is 0.482. The minimum Gasteiger partial charge on any atom is -0.469 e. The molecule has 0 bridgehead atoms. The number of ether oxygens (including phenoxy) is 3. The lowest BCUT2D eigenvalue weighted by atomic mass is 9.43. The van der Waals surface area contributed by atoms with E-state index in [1.54, 1.807) is 6.08 Å². The molecule has 0 N–H and O–H groups in total. The number of hydrogen-bond acceptors (Lipinski definition) is 6. The lowest BCUT2D eigenvalue weighted by molar-refractivity contribution is -0.172. The Labute approximate surface area is 180 Å². The number of methoxy groups -OCH3 is 1. The summed E-state index contributed by atoms with van der Waals surface area (Å²) in [6.07, 6.45) is 6.30. The van der Waals surface area contributed by atoms with Crippen molar-refractivity contribution in [2.45, 2.75) is 82.5 Å². The zero-order chi connectivity index (χ0) is 23.6. The Morgan fingerprint density at radius 2 is 2.07 bits per heavy atom. The van der Waals surface area contributed by atoms with Gasteiger partial charge in [-0.15, -0.1) is 0 Å². The Balaban J connectivity index is 1.47. The summed E-state index contributed by atoms with van der Waals surface area (Å²) in [7, 11) is -2.83. The Morgan fingerprint density at radius 1 is 1.23 bits per heavy atom. The van der Waals surface area contributed by atoms with Gasteiger partial charge in [0.1, 0.15) is 11.2 Å². The van der Waals surface area contributed by atoms with Crippen LogP contribution in [0.4, 0.5) is 0 Å². The molecule has 162 valence electrons. The molecule has 2 heterocycles. The van der Waals surface area contributed by atoms with Crippen molar-refractivity contribution in [2.24, 2.45) is 28.6 Å². The van der Waals surface area contributed by atoms with E-state index in [9.17, 15) is 14.4 Å². The van der Waals surface area contributed by atoms with Crippen LogP contribution in [0.5, 0.6) is 0 Å². The van der Waals surface area contributed by atoms with Crippen molar-refractivity contribution in [3.8, 4) is 0 Å². The number of carbonyl (C=O) groups excluding carboxylic acids is 3. The second kappa shape index (κ2) is 5.56.